The van der Waals surface area contributed by atoms with E-state index in [1.54, 1.807) is 0 Å². The first-order valence-electron chi connectivity index (χ1n) is 8.09. The number of β-amino-alcohol motifs (C(OH)–C–C–N with tert-alkyl or cyclic N) is 1. The lowest BCUT2D eigenvalue weighted by molar-refractivity contribution is 0.0568. The molecule has 1 saturated heterocycles. The third-order valence-electron chi connectivity index (χ3n) is 5.14. The summed E-state index contributed by atoms with van der Waals surface area (Å²) in [6.07, 6.45) is 3.60. The molecule has 0 spiro atoms. The summed E-state index contributed by atoms with van der Waals surface area (Å²) >= 11 is 0. The van der Waals surface area contributed by atoms with Gasteiger partial charge in [0.05, 0.1) is 5.60 Å². The fourth-order valence-electron chi connectivity index (χ4n) is 4.21. The van der Waals surface area contributed by atoms with E-state index in [-0.39, 0.29) is 0 Å². The molecule has 2 rings (SSSR count). The minimum absolute atomic E-state index is 0.459. The smallest absolute Gasteiger partial charge is 0.0758 e. The third kappa shape index (κ3) is 3.93. The van der Waals surface area contributed by atoms with Gasteiger partial charge in [-0.15, -0.1) is 0 Å². The highest BCUT2D eigenvalue weighted by Crippen LogP contribution is 2.35. The van der Waals surface area contributed by atoms with Crippen LogP contribution in [0.15, 0.2) is 0 Å². The van der Waals surface area contributed by atoms with E-state index in [4.69, 9.17) is 0 Å². The molecule has 1 saturated carbocycles. The second-order valence-electron chi connectivity index (χ2n) is 7.36. The maximum atomic E-state index is 10.1. The molecule has 0 amide bonds. The van der Waals surface area contributed by atoms with Crippen molar-refractivity contribution in [3.05, 3.63) is 0 Å². The Kier molecular flexibility index (Phi) is 4.91. The van der Waals surface area contributed by atoms with Crippen molar-refractivity contribution in [2.75, 3.05) is 26.2 Å². The van der Waals surface area contributed by atoms with Gasteiger partial charge in [0, 0.05) is 25.7 Å². The fraction of sp³-hybridized carbons (Fsp3) is 1.00. The molecule has 0 aromatic rings. The maximum Gasteiger partial charge on any atom is 0.0758 e. The Morgan fingerprint density at radius 3 is 2.63 bits per heavy atom. The van der Waals surface area contributed by atoms with Crippen LogP contribution >= 0.6 is 0 Å². The minimum Gasteiger partial charge on any atom is -0.389 e. The van der Waals surface area contributed by atoms with Gasteiger partial charge in [0.15, 0.2) is 0 Å². The van der Waals surface area contributed by atoms with Gasteiger partial charge in [0.2, 0.25) is 0 Å². The normalized spacial score (nSPS) is 44.7. The molecule has 5 unspecified atom stereocenters. The van der Waals surface area contributed by atoms with E-state index in [2.05, 4.69) is 31.0 Å². The Morgan fingerprint density at radius 2 is 2.05 bits per heavy atom. The lowest BCUT2D eigenvalue weighted by atomic mass is 9.72. The Balaban J connectivity index is 1.95. The number of aliphatic hydroxyl groups is 1. The third-order valence-corrected chi connectivity index (χ3v) is 5.14. The molecule has 3 heteroatoms. The van der Waals surface area contributed by atoms with Crippen LogP contribution in [0.2, 0.25) is 0 Å². The molecule has 0 aromatic heterocycles. The summed E-state index contributed by atoms with van der Waals surface area (Å²) in [6.45, 7) is 13.1. The SMILES string of the molecule is CCNC1CC(C)CC(C)C1CN1CCC(C)(O)C1. The molecule has 19 heavy (non-hydrogen) atoms. The van der Waals surface area contributed by atoms with Crippen LogP contribution in [-0.2, 0) is 0 Å². The van der Waals surface area contributed by atoms with Gasteiger partial charge in [0.1, 0.15) is 0 Å². The molecule has 1 aliphatic heterocycles. The lowest BCUT2D eigenvalue weighted by Crippen LogP contribution is -2.49. The summed E-state index contributed by atoms with van der Waals surface area (Å²) in [5.74, 6) is 2.38. The zero-order valence-electron chi connectivity index (χ0n) is 13.2. The molecular formula is C16H32N2O. The number of hydrogen-bond acceptors (Lipinski definition) is 3. The minimum atomic E-state index is -0.459. The fourth-order valence-corrected chi connectivity index (χ4v) is 4.21. The van der Waals surface area contributed by atoms with Gasteiger partial charge in [0.25, 0.3) is 0 Å². The van der Waals surface area contributed by atoms with Crippen LogP contribution in [0.25, 0.3) is 0 Å². The van der Waals surface area contributed by atoms with Gasteiger partial charge in [-0.1, -0.05) is 20.8 Å². The van der Waals surface area contributed by atoms with E-state index in [1.165, 1.54) is 12.8 Å². The standard InChI is InChI=1S/C16H32N2O/c1-5-17-15-9-12(2)8-13(3)14(15)10-18-7-6-16(4,19)11-18/h12-15,17,19H,5-11H2,1-4H3. The van der Waals surface area contributed by atoms with Gasteiger partial charge in [-0.05, 0) is 50.5 Å². The topological polar surface area (TPSA) is 35.5 Å². The van der Waals surface area contributed by atoms with Gasteiger partial charge in [-0.25, -0.2) is 0 Å². The summed E-state index contributed by atoms with van der Waals surface area (Å²) in [6, 6.07) is 0.661. The van der Waals surface area contributed by atoms with E-state index in [0.717, 1.165) is 50.4 Å². The zero-order valence-corrected chi connectivity index (χ0v) is 13.2. The molecule has 0 radical (unpaired) electrons. The molecular weight excluding hydrogens is 236 g/mol. The van der Waals surface area contributed by atoms with Crippen LogP contribution in [-0.4, -0.2) is 47.8 Å². The van der Waals surface area contributed by atoms with Crippen molar-refractivity contribution in [1.29, 1.82) is 0 Å². The van der Waals surface area contributed by atoms with E-state index in [0.29, 0.717) is 6.04 Å². The molecule has 0 bridgehead atoms. The summed E-state index contributed by atoms with van der Waals surface area (Å²) in [7, 11) is 0. The van der Waals surface area contributed by atoms with Gasteiger partial charge < -0.3 is 15.3 Å². The van der Waals surface area contributed by atoms with Crippen LogP contribution in [0.1, 0.15) is 47.0 Å². The number of nitrogens with one attached hydrogen (secondary N) is 1. The van der Waals surface area contributed by atoms with E-state index >= 15 is 0 Å². The van der Waals surface area contributed by atoms with Crippen molar-refractivity contribution >= 4 is 0 Å². The first-order chi connectivity index (χ1) is 8.91. The van der Waals surface area contributed by atoms with Crippen LogP contribution < -0.4 is 5.32 Å². The van der Waals surface area contributed by atoms with Crippen molar-refractivity contribution in [2.24, 2.45) is 17.8 Å². The monoisotopic (exact) mass is 268 g/mol. The highest BCUT2D eigenvalue weighted by Gasteiger charge is 2.38. The highest BCUT2D eigenvalue weighted by molar-refractivity contribution is 4.92. The Morgan fingerprint density at radius 1 is 1.32 bits per heavy atom. The highest BCUT2D eigenvalue weighted by atomic mass is 16.3. The molecule has 3 nitrogen and oxygen atoms in total. The van der Waals surface area contributed by atoms with Crippen LogP contribution in [0.3, 0.4) is 0 Å². The van der Waals surface area contributed by atoms with Crippen LogP contribution in [0.4, 0.5) is 0 Å². The van der Waals surface area contributed by atoms with E-state index in [9.17, 15) is 5.11 Å². The molecule has 112 valence electrons. The molecule has 0 aromatic carbocycles. The molecule has 2 N–H and O–H groups in total. The predicted octanol–water partition coefficient (Wildman–Crippen LogP) is 2.10. The summed E-state index contributed by atoms with van der Waals surface area (Å²) in [5.41, 5.74) is -0.459. The van der Waals surface area contributed by atoms with Gasteiger partial charge in [-0.2, -0.15) is 0 Å². The Bertz CT molecular complexity index is 292. The Labute approximate surface area is 118 Å². The van der Waals surface area contributed by atoms with Crippen LogP contribution in [0.5, 0.6) is 0 Å². The average Bonchev–Trinajstić information content (AvgIpc) is 2.63. The summed E-state index contributed by atoms with van der Waals surface area (Å²) in [4.78, 5) is 2.47. The number of likely N-dealkylation sites (tertiary alicyclic amines) is 1. The molecule has 1 heterocycles. The van der Waals surface area contributed by atoms with Crippen molar-refractivity contribution in [2.45, 2.75) is 58.6 Å². The Hall–Kier alpha value is -0.120. The molecule has 1 aliphatic carbocycles. The molecule has 2 aliphatic rings. The van der Waals surface area contributed by atoms with E-state index in [1.807, 2.05) is 6.92 Å². The average molecular weight is 268 g/mol. The number of rotatable bonds is 4. The number of hydrogen-bond donors (Lipinski definition) is 2. The summed E-state index contributed by atoms with van der Waals surface area (Å²) < 4.78 is 0. The van der Waals surface area contributed by atoms with Crippen molar-refractivity contribution < 1.29 is 5.11 Å². The quantitative estimate of drug-likeness (QED) is 0.820. The first-order valence-corrected chi connectivity index (χ1v) is 8.09. The largest absolute Gasteiger partial charge is 0.389 e. The molecule has 2 fully saturated rings. The number of nitrogens with zero attached hydrogens (tertiary/aromatic N) is 1. The zero-order chi connectivity index (χ0) is 14.0. The predicted molar refractivity (Wildman–Crippen MR) is 80.2 cm³/mol. The van der Waals surface area contributed by atoms with Crippen molar-refractivity contribution in [1.82, 2.24) is 10.2 Å². The van der Waals surface area contributed by atoms with Gasteiger partial charge in [-0.3, -0.25) is 0 Å². The van der Waals surface area contributed by atoms with Crippen LogP contribution in [0, 0.1) is 17.8 Å². The van der Waals surface area contributed by atoms with Crippen molar-refractivity contribution in [3.63, 3.8) is 0 Å². The second-order valence-corrected chi connectivity index (χ2v) is 7.36. The maximum absolute atomic E-state index is 10.1. The van der Waals surface area contributed by atoms with Crippen molar-refractivity contribution in [3.8, 4) is 0 Å². The van der Waals surface area contributed by atoms with E-state index < -0.39 is 5.60 Å². The van der Waals surface area contributed by atoms with Gasteiger partial charge >= 0.3 is 0 Å². The lowest BCUT2D eigenvalue weighted by Gasteiger charge is -2.42. The first kappa shape index (κ1) is 15.3. The second kappa shape index (κ2) is 6.11. The molecule has 5 atom stereocenters. The summed E-state index contributed by atoms with van der Waals surface area (Å²) in [5, 5.41) is 13.8.